The zero-order valence-electron chi connectivity index (χ0n) is 5.81. The second kappa shape index (κ2) is 1.32. The summed E-state index contributed by atoms with van der Waals surface area (Å²) in [5.41, 5.74) is 6.18. The zero-order valence-corrected chi connectivity index (χ0v) is 5.81. The molecule has 3 fully saturated rings. The van der Waals surface area contributed by atoms with Crippen LogP contribution < -0.4 is 5.73 Å². The van der Waals surface area contributed by atoms with Crippen LogP contribution in [0.4, 0.5) is 0 Å². The normalized spacial score (nSPS) is 55.3. The largest absolute Gasteiger partial charge is 0.373 e. The Morgan fingerprint density at radius 3 is 2.44 bits per heavy atom. The van der Waals surface area contributed by atoms with Crippen LogP contribution in [-0.4, -0.2) is 17.7 Å². The Labute approximate surface area is 55.4 Å². The quantitative estimate of drug-likeness (QED) is 0.561. The number of rotatable bonds is 1. The summed E-state index contributed by atoms with van der Waals surface area (Å²) in [5.74, 6) is 0. The first-order chi connectivity index (χ1) is 4.18. The Balaban J connectivity index is 2.12. The van der Waals surface area contributed by atoms with E-state index in [1.54, 1.807) is 0 Å². The van der Waals surface area contributed by atoms with Crippen LogP contribution in [0.15, 0.2) is 0 Å². The summed E-state index contributed by atoms with van der Waals surface area (Å²) in [7, 11) is 0. The number of ether oxygens (including phenoxy) is 1. The van der Waals surface area contributed by atoms with Gasteiger partial charge in [0.2, 0.25) is 0 Å². The number of hydrogen-bond acceptors (Lipinski definition) is 2. The highest BCUT2D eigenvalue weighted by molar-refractivity contribution is 5.14. The maximum atomic E-state index is 5.88. The third-order valence-electron chi connectivity index (χ3n) is 2.66. The molecule has 2 saturated heterocycles. The molecule has 2 nitrogen and oxygen atoms in total. The molecule has 52 valence electrons. The van der Waals surface area contributed by atoms with Crippen molar-refractivity contribution in [2.24, 2.45) is 5.73 Å². The molecule has 9 heavy (non-hydrogen) atoms. The van der Waals surface area contributed by atoms with E-state index < -0.39 is 0 Å². The lowest BCUT2D eigenvalue weighted by atomic mass is 9.68. The fourth-order valence-corrected chi connectivity index (χ4v) is 2.08. The van der Waals surface area contributed by atoms with Gasteiger partial charge in [0, 0.05) is 5.54 Å². The SMILES string of the molecule is CCC12CC(N)(CO1)C2. The minimum atomic E-state index is 0.0794. The van der Waals surface area contributed by atoms with Crippen LogP contribution in [0.3, 0.4) is 0 Å². The highest BCUT2D eigenvalue weighted by atomic mass is 16.5. The van der Waals surface area contributed by atoms with Gasteiger partial charge in [0.25, 0.3) is 0 Å². The Morgan fingerprint density at radius 2 is 2.22 bits per heavy atom. The highest BCUT2D eigenvalue weighted by Crippen LogP contribution is 2.51. The lowest BCUT2D eigenvalue weighted by molar-refractivity contribution is -0.00483. The van der Waals surface area contributed by atoms with E-state index in [1.807, 2.05) is 0 Å². The van der Waals surface area contributed by atoms with Gasteiger partial charge in [-0.1, -0.05) is 6.92 Å². The number of nitrogens with two attached hydrogens (primary N) is 1. The fraction of sp³-hybridized carbons (Fsp3) is 1.00. The van der Waals surface area contributed by atoms with E-state index >= 15 is 0 Å². The summed E-state index contributed by atoms with van der Waals surface area (Å²) in [6, 6.07) is 0. The summed E-state index contributed by atoms with van der Waals surface area (Å²) < 4.78 is 5.54. The summed E-state index contributed by atoms with van der Waals surface area (Å²) in [5, 5.41) is 0. The van der Waals surface area contributed by atoms with Crippen molar-refractivity contribution in [1.82, 2.24) is 0 Å². The minimum Gasteiger partial charge on any atom is -0.373 e. The molecule has 0 aromatic carbocycles. The second-order valence-corrected chi connectivity index (χ2v) is 3.54. The lowest BCUT2D eigenvalue weighted by Crippen LogP contribution is -2.54. The minimum absolute atomic E-state index is 0.0794. The second-order valence-electron chi connectivity index (χ2n) is 3.54. The van der Waals surface area contributed by atoms with E-state index in [9.17, 15) is 0 Å². The molecule has 3 rings (SSSR count). The smallest absolute Gasteiger partial charge is 0.0717 e. The van der Waals surface area contributed by atoms with Gasteiger partial charge < -0.3 is 10.5 Å². The maximum Gasteiger partial charge on any atom is 0.0717 e. The third kappa shape index (κ3) is 0.578. The van der Waals surface area contributed by atoms with Crippen molar-refractivity contribution in [2.75, 3.05) is 6.61 Å². The van der Waals surface area contributed by atoms with Crippen molar-refractivity contribution in [3.8, 4) is 0 Å². The molecule has 2 aliphatic heterocycles. The van der Waals surface area contributed by atoms with E-state index in [0.29, 0.717) is 0 Å². The zero-order chi connectivity index (χ0) is 6.54. The molecule has 2 N–H and O–H groups in total. The van der Waals surface area contributed by atoms with Gasteiger partial charge in [-0.3, -0.25) is 0 Å². The van der Waals surface area contributed by atoms with Gasteiger partial charge >= 0.3 is 0 Å². The molecule has 0 aromatic heterocycles. The van der Waals surface area contributed by atoms with Gasteiger partial charge in [-0.2, -0.15) is 0 Å². The number of hydrogen-bond donors (Lipinski definition) is 1. The first-order valence-electron chi connectivity index (χ1n) is 3.61. The van der Waals surface area contributed by atoms with Gasteiger partial charge in [0.1, 0.15) is 0 Å². The maximum absolute atomic E-state index is 5.88. The molecular weight excluding hydrogens is 114 g/mol. The Bertz CT molecular complexity index is 138. The van der Waals surface area contributed by atoms with Crippen molar-refractivity contribution in [3.63, 3.8) is 0 Å². The van der Waals surface area contributed by atoms with Crippen molar-refractivity contribution in [3.05, 3.63) is 0 Å². The van der Waals surface area contributed by atoms with Crippen LogP contribution >= 0.6 is 0 Å². The molecule has 0 atom stereocenters. The first-order valence-corrected chi connectivity index (χ1v) is 3.61. The predicted octanol–water partition coefficient (Wildman–Crippen LogP) is 0.657. The Morgan fingerprint density at radius 1 is 1.56 bits per heavy atom. The summed E-state index contributed by atoms with van der Waals surface area (Å²) in [6.07, 6.45) is 3.32. The van der Waals surface area contributed by atoms with E-state index in [0.717, 1.165) is 25.9 Å². The molecule has 2 heteroatoms. The van der Waals surface area contributed by atoms with Crippen molar-refractivity contribution < 1.29 is 4.74 Å². The predicted molar refractivity (Wildman–Crippen MR) is 35.1 cm³/mol. The molecule has 1 saturated carbocycles. The average Bonchev–Trinajstić information content (AvgIpc) is 2.20. The average molecular weight is 127 g/mol. The van der Waals surface area contributed by atoms with Crippen LogP contribution in [-0.2, 0) is 4.74 Å². The summed E-state index contributed by atoms with van der Waals surface area (Å²) in [4.78, 5) is 0. The van der Waals surface area contributed by atoms with E-state index in [-0.39, 0.29) is 11.1 Å². The third-order valence-corrected chi connectivity index (χ3v) is 2.66. The molecular formula is C7H13NO. The molecule has 0 amide bonds. The van der Waals surface area contributed by atoms with Crippen LogP contribution in [0.2, 0.25) is 0 Å². The molecule has 0 unspecified atom stereocenters. The topological polar surface area (TPSA) is 35.2 Å². The molecule has 3 aliphatic rings. The van der Waals surface area contributed by atoms with Gasteiger partial charge in [-0.25, -0.2) is 0 Å². The fourth-order valence-electron chi connectivity index (χ4n) is 2.08. The van der Waals surface area contributed by atoms with Crippen LogP contribution in [0.5, 0.6) is 0 Å². The summed E-state index contributed by atoms with van der Waals surface area (Å²) >= 11 is 0. The van der Waals surface area contributed by atoms with Crippen LogP contribution in [0.1, 0.15) is 26.2 Å². The highest BCUT2D eigenvalue weighted by Gasteiger charge is 2.59. The van der Waals surface area contributed by atoms with Crippen LogP contribution in [0, 0.1) is 0 Å². The molecule has 0 spiro atoms. The first kappa shape index (κ1) is 5.69. The van der Waals surface area contributed by atoms with Gasteiger partial charge in [-0.05, 0) is 19.3 Å². The number of fused-ring (bicyclic) bond motifs is 1. The summed E-state index contributed by atoms with van der Waals surface area (Å²) in [6.45, 7) is 2.96. The standard InChI is InChI=1S/C7H13NO/c1-2-7-3-6(8,4-7)5-9-7/h2-5,8H2,1H3. The van der Waals surface area contributed by atoms with Crippen LogP contribution in [0.25, 0.3) is 0 Å². The molecule has 1 aliphatic carbocycles. The van der Waals surface area contributed by atoms with Gasteiger partial charge in [-0.15, -0.1) is 0 Å². The van der Waals surface area contributed by atoms with E-state index in [4.69, 9.17) is 10.5 Å². The molecule has 0 aromatic rings. The molecule has 2 bridgehead atoms. The molecule has 0 radical (unpaired) electrons. The molecule has 2 heterocycles. The van der Waals surface area contributed by atoms with Crippen molar-refractivity contribution >= 4 is 0 Å². The van der Waals surface area contributed by atoms with Gasteiger partial charge in [0.05, 0.1) is 12.2 Å². The van der Waals surface area contributed by atoms with Crippen molar-refractivity contribution in [2.45, 2.75) is 37.3 Å². The van der Waals surface area contributed by atoms with Crippen molar-refractivity contribution in [1.29, 1.82) is 0 Å². The Hall–Kier alpha value is -0.0800. The van der Waals surface area contributed by atoms with E-state index in [1.165, 1.54) is 0 Å². The monoisotopic (exact) mass is 127 g/mol. The van der Waals surface area contributed by atoms with E-state index in [2.05, 4.69) is 6.92 Å². The Kier molecular flexibility index (Phi) is 0.837. The lowest BCUT2D eigenvalue weighted by Gasteiger charge is -2.41. The van der Waals surface area contributed by atoms with Gasteiger partial charge in [0.15, 0.2) is 0 Å².